The molecule has 1 nitrogen and oxygen atoms in total. The monoisotopic (exact) mass is 424 g/mol. The fraction of sp³-hybridized carbons (Fsp3) is 0.714. The molecule has 0 heterocycles. The second-order valence-electron chi connectivity index (χ2n) is 7.89. The molecule has 0 radical (unpaired) electrons. The molecular weight excluding hydrogens is 391 g/mol. The Balaban J connectivity index is 2.81. The summed E-state index contributed by atoms with van der Waals surface area (Å²) in [6.07, 6.45) is 9.99. The topological polar surface area (TPSA) is 9.23 Å². The molecule has 0 aliphatic heterocycles. The van der Waals surface area contributed by atoms with Crippen molar-refractivity contribution >= 4 is 13.5 Å². The van der Waals surface area contributed by atoms with E-state index in [2.05, 4.69) is 6.92 Å². The largest absolute Gasteiger partial charge is 0.410 e. The van der Waals surface area contributed by atoms with Gasteiger partial charge in [0.05, 0.1) is 0 Å². The SMILES string of the molecule is CCCCCCCCCC(CCC)O[Si](C)(C)c1c(F)c(F)c(F)c(F)c1F. The average molecular weight is 425 g/mol. The molecule has 0 aromatic heterocycles. The number of halogens is 5. The molecule has 1 aromatic rings. The van der Waals surface area contributed by atoms with Crippen molar-refractivity contribution in [3.05, 3.63) is 29.1 Å². The highest BCUT2D eigenvalue weighted by Gasteiger charge is 2.39. The lowest BCUT2D eigenvalue weighted by Gasteiger charge is -2.30. The lowest BCUT2D eigenvalue weighted by atomic mass is 10.0. The van der Waals surface area contributed by atoms with Crippen molar-refractivity contribution in [2.75, 3.05) is 0 Å². The Labute approximate surface area is 166 Å². The minimum atomic E-state index is -3.34. The number of rotatable bonds is 13. The summed E-state index contributed by atoms with van der Waals surface area (Å²) < 4.78 is 75.0. The van der Waals surface area contributed by atoms with E-state index in [4.69, 9.17) is 4.43 Å². The molecule has 1 aromatic carbocycles. The van der Waals surface area contributed by atoms with Gasteiger partial charge in [0.1, 0.15) is 0 Å². The maximum Gasteiger partial charge on any atom is 0.225 e. The van der Waals surface area contributed by atoms with Crippen LogP contribution in [-0.2, 0) is 4.43 Å². The van der Waals surface area contributed by atoms with Gasteiger partial charge in [-0.15, -0.1) is 0 Å². The van der Waals surface area contributed by atoms with Crippen LogP contribution >= 0.6 is 0 Å². The van der Waals surface area contributed by atoms with Crippen LogP contribution in [0.4, 0.5) is 22.0 Å². The van der Waals surface area contributed by atoms with Crippen molar-refractivity contribution in [2.24, 2.45) is 0 Å². The highest BCUT2D eigenvalue weighted by atomic mass is 28.4. The predicted molar refractivity (Wildman–Crippen MR) is 106 cm³/mol. The van der Waals surface area contributed by atoms with Crippen LogP contribution in [0.25, 0.3) is 0 Å². The second-order valence-corrected chi connectivity index (χ2v) is 11.7. The molecule has 1 unspecified atom stereocenters. The molecule has 0 bridgehead atoms. The van der Waals surface area contributed by atoms with E-state index in [1.807, 2.05) is 6.92 Å². The molecule has 0 aliphatic rings. The van der Waals surface area contributed by atoms with E-state index in [1.165, 1.54) is 38.8 Å². The van der Waals surface area contributed by atoms with Gasteiger partial charge in [-0.05, 0) is 25.9 Å². The Morgan fingerprint density at radius 1 is 0.643 bits per heavy atom. The third-order valence-electron chi connectivity index (χ3n) is 5.01. The zero-order chi connectivity index (χ0) is 21.3. The molecule has 0 N–H and O–H groups in total. The van der Waals surface area contributed by atoms with Crippen LogP contribution in [0.5, 0.6) is 0 Å². The quantitative estimate of drug-likeness (QED) is 0.108. The zero-order valence-electron chi connectivity index (χ0n) is 17.4. The smallest absolute Gasteiger partial charge is 0.225 e. The third kappa shape index (κ3) is 6.83. The van der Waals surface area contributed by atoms with E-state index in [1.54, 1.807) is 0 Å². The Bertz CT molecular complexity index is 592. The molecule has 28 heavy (non-hydrogen) atoms. The number of hydrogen-bond acceptors (Lipinski definition) is 1. The third-order valence-corrected chi connectivity index (χ3v) is 7.58. The van der Waals surface area contributed by atoms with Gasteiger partial charge < -0.3 is 4.43 Å². The van der Waals surface area contributed by atoms with Gasteiger partial charge in [-0.1, -0.05) is 65.2 Å². The summed E-state index contributed by atoms with van der Waals surface area (Å²) in [6.45, 7) is 7.12. The number of benzene rings is 1. The van der Waals surface area contributed by atoms with Crippen LogP contribution in [0.3, 0.4) is 0 Å². The Hall–Kier alpha value is -0.953. The molecule has 1 atom stereocenters. The summed E-state index contributed by atoms with van der Waals surface area (Å²) >= 11 is 0. The van der Waals surface area contributed by atoms with E-state index in [0.29, 0.717) is 6.42 Å². The van der Waals surface area contributed by atoms with Crippen LogP contribution < -0.4 is 5.19 Å². The van der Waals surface area contributed by atoms with Gasteiger partial charge in [0.25, 0.3) is 0 Å². The van der Waals surface area contributed by atoms with Crippen LogP contribution in [0.15, 0.2) is 0 Å². The van der Waals surface area contributed by atoms with E-state index < -0.39 is 42.6 Å². The molecule has 0 spiro atoms. The summed E-state index contributed by atoms with van der Waals surface area (Å²) in [5.41, 5.74) is 0. The van der Waals surface area contributed by atoms with Gasteiger partial charge in [-0.25, -0.2) is 22.0 Å². The molecule has 0 saturated heterocycles. The average Bonchev–Trinajstić information content (AvgIpc) is 2.63. The van der Waals surface area contributed by atoms with Gasteiger partial charge in [-0.3, -0.25) is 0 Å². The first-order valence-electron chi connectivity index (χ1n) is 10.4. The zero-order valence-corrected chi connectivity index (χ0v) is 18.4. The first-order valence-corrected chi connectivity index (χ1v) is 13.3. The minimum absolute atomic E-state index is 0.239. The van der Waals surface area contributed by atoms with E-state index >= 15 is 0 Å². The maximum atomic E-state index is 14.2. The van der Waals surface area contributed by atoms with Crippen molar-refractivity contribution in [3.63, 3.8) is 0 Å². The highest BCUT2D eigenvalue weighted by molar-refractivity contribution is 6.84. The molecule has 0 aliphatic carbocycles. The predicted octanol–water partition coefficient (Wildman–Crippen LogP) is 7.12. The van der Waals surface area contributed by atoms with Crippen molar-refractivity contribution in [3.8, 4) is 0 Å². The summed E-state index contributed by atoms with van der Waals surface area (Å²) in [4.78, 5) is 0. The standard InChI is InChI=1S/C21H33F5OSi/c1-5-7-8-9-10-11-12-14-15(13-6-2)27-28(3,4)21-19(25)17(23)16(22)18(24)20(21)26/h15H,5-14H2,1-4H3. The van der Waals surface area contributed by atoms with E-state index in [0.717, 1.165) is 32.1 Å². The van der Waals surface area contributed by atoms with Crippen molar-refractivity contribution < 1.29 is 26.4 Å². The summed E-state index contributed by atoms with van der Waals surface area (Å²) in [5.74, 6) is -9.47. The Kier molecular flexibility index (Phi) is 10.7. The van der Waals surface area contributed by atoms with E-state index in [9.17, 15) is 22.0 Å². The van der Waals surface area contributed by atoms with Crippen molar-refractivity contribution in [1.82, 2.24) is 0 Å². The van der Waals surface area contributed by atoms with Gasteiger partial charge in [0, 0.05) is 11.3 Å². The first-order chi connectivity index (χ1) is 13.2. The van der Waals surface area contributed by atoms with Gasteiger partial charge in [-0.2, -0.15) is 0 Å². The van der Waals surface area contributed by atoms with Gasteiger partial charge in [0.15, 0.2) is 23.3 Å². The van der Waals surface area contributed by atoms with Crippen LogP contribution in [0.1, 0.15) is 78.1 Å². The summed E-state index contributed by atoms with van der Waals surface area (Å²) in [7, 11) is -3.34. The molecule has 0 amide bonds. The fourth-order valence-corrected chi connectivity index (χ4v) is 5.99. The van der Waals surface area contributed by atoms with E-state index in [-0.39, 0.29) is 6.10 Å². The summed E-state index contributed by atoms with van der Waals surface area (Å²) in [5, 5.41) is -0.774. The molecule has 162 valence electrons. The van der Waals surface area contributed by atoms with Crippen LogP contribution in [-0.4, -0.2) is 14.4 Å². The normalized spacial score (nSPS) is 13.2. The second kappa shape index (κ2) is 11.9. The fourth-order valence-electron chi connectivity index (χ4n) is 3.52. The molecule has 0 fully saturated rings. The highest BCUT2D eigenvalue weighted by Crippen LogP contribution is 2.24. The number of unbranched alkanes of at least 4 members (excludes halogenated alkanes) is 6. The van der Waals surface area contributed by atoms with Gasteiger partial charge >= 0.3 is 0 Å². The lowest BCUT2D eigenvalue weighted by Crippen LogP contribution is -2.51. The van der Waals surface area contributed by atoms with Crippen LogP contribution in [0, 0.1) is 29.1 Å². The Morgan fingerprint density at radius 3 is 1.61 bits per heavy atom. The molecule has 7 heteroatoms. The molecule has 0 saturated carbocycles. The molecular formula is C21H33F5OSi. The number of hydrogen-bond donors (Lipinski definition) is 0. The summed E-state index contributed by atoms with van der Waals surface area (Å²) in [6, 6.07) is 0. The van der Waals surface area contributed by atoms with Crippen LogP contribution in [0.2, 0.25) is 13.1 Å². The molecule has 1 rings (SSSR count). The lowest BCUT2D eigenvalue weighted by molar-refractivity contribution is 0.170. The maximum absolute atomic E-state index is 14.2. The first kappa shape index (κ1) is 25.1. The van der Waals surface area contributed by atoms with Crippen molar-refractivity contribution in [1.29, 1.82) is 0 Å². The van der Waals surface area contributed by atoms with Gasteiger partial charge in [0.2, 0.25) is 14.1 Å². The Morgan fingerprint density at radius 2 is 1.11 bits per heavy atom. The minimum Gasteiger partial charge on any atom is -0.410 e. The van der Waals surface area contributed by atoms with Crippen molar-refractivity contribution in [2.45, 2.75) is 97.3 Å².